The van der Waals surface area contributed by atoms with Gasteiger partial charge in [-0.1, -0.05) is 35.3 Å². The highest BCUT2D eigenvalue weighted by atomic mass is 35.5. The number of piperazine rings is 1. The van der Waals surface area contributed by atoms with Crippen LogP contribution in [0.5, 0.6) is 5.75 Å². The van der Waals surface area contributed by atoms with Crippen molar-refractivity contribution in [3.05, 3.63) is 58.1 Å². The Kier molecular flexibility index (Phi) is 5.95. The maximum atomic E-state index is 12.9. The van der Waals surface area contributed by atoms with Crippen LogP contribution >= 0.6 is 23.2 Å². The maximum Gasteiger partial charge on any atom is 0.254 e. The number of carbonyl (C=O) groups is 1. The Labute approximate surface area is 168 Å². The number of ether oxygens (including phenoxy) is 1. The number of rotatable bonds is 4. The van der Waals surface area contributed by atoms with E-state index in [-0.39, 0.29) is 47.0 Å². The fourth-order valence-corrected chi connectivity index (χ4v) is 5.44. The number of nitrogens with zero attached hydrogens (tertiary/aromatic N) is 2. The quantitative estimate of drug-likeness (QED) is 0.749. The van der Waals surface area contributed by atoms with Crippen LogP contribution in [0.3, 0.4) is 0 Å². The van der Waals surface area contributed by atoms with Gasteiger partial charge in [-0.05, 0) is 30.3 Å². The van der Waals surface area contributed by atoms with Crippen molar-refractivity contribution in [3.63, 3.8) is 0 Å². The molecule has 1 heterocycles. The molecule has 3 rings (SSSR count). The maximum absolute atomic E-state index is 12.9. The van der Waals surface area contributed by atoms with E-state index in [0.717, 1.165) is 0 Å². The molecule has 1 aliphatic rings. The van der Waals surface area contributed by atoms with Gasteiger partial charge in [0.05, 0.1) is 17.2 Å². The molecule has 0 saturated carbocycles. The molecule has 9 heteroatoms. The Hall–Kier alpha value is -1.80. The smallest absolute Gasteiger partial charge is 0.254 e. The van der Waals surface area contributed by atoms with Gasteiger partial charge in [0.25, 0.3) is 5.91 Å². The number of carbonyl (C=O) groups excluding carboxylic acids is 1. The Morgan fingerprint density at radius 3 is 2.19 bits per heavy atom. The van der Waals surface area contributed by atoms with Crippen molar-refractivity contribution in [1.29, 1.82) is 0 Å². The Balaban J connectivity index is 1.74. The molecule has 0 spiro atoms. The molecular weight excluding hydrogens is 411 g/mol. The summed E-state index contributed by atoms with van der Waals surface area (Å²) < 4.78 is 32.2. The third-order valence-corrected chi connectivity index (χ3v) is 7.21. The van der Waals surface area contributed by atoms with E-state index >= 15 is 0 Å². The van der Waals surface area contributed by atoms with Crippen LogP contribution in [-0.2, 0) is 10.0 Å². The number of benzene rings is 2. The van der Waals surface area contributed by atoms with Gasteiger partial charge in [0, 0.05) is 31.7 Å². The summed E-state index contributed by atoms with van der Waals surface area (Å²) in [6.45, 7) is 0.883. The van der Waals surface area contributed by atoms with Crippen LogP contribution in [0, 0.1) is 0 Å². The fraction of sp³-hybridized carbons (Fsp3) is 0.278. The third-order valence-electron chi connectivity index (χ3n) is 4.36. The van der Waals surface area contributed by atoms with Crippen molar-refractivity contribution < 1.29 is 17.9 Å². The number of hydrogen-bond donors (Lipinski definition) is 0. The highest BCUT2D eigenvalue weighted by molar-refractivity contribution is 7.89. The standard InChI is InChI=1S/C18H18Cl2N2O4S/c1-26-14-5-2-4-13(12-14)18(23)21-8-10-22(11-9-21)27(24,25)17-15(19)6-3-7-16(17)20/h2-7,12H,8-11H2,1H3. The van der Waals surface area contributed by atoms with Crippen LogP contribution in [0.4, 0.5) is 0 Å². The fourth-order valence-electron chi connectivity index (χ4n) is 2.93. The van der Waals surface area contributed by atoms with Gasteiger partial charge in [0.2, 0.25) is 10.0 Å². The highest BCUT2D eigenvalue weighted by Gasteiger charge is 2.33. The molecule has 2 aromatic rings. The molecule has 0 N–H and O–H groups in total. The summed E-state index contributed by atoms with van der Waals surface area (Å²) in [6.07, 6.45) is 0. The summed E-state index contributed by atoms with van der Waals surface area (Å²) in [6, 6.07) is 11.4. The Bertz CT molecular complexity index is 937. The van der Waals surface area contributed by atoms with Crippen molar-refractivity contribution in [2.24, 2.45) is 0 Å². The second-order valence-electron chi connectivity index (χ2n) is 5.98. The molecular formula is C18H18Cl2N2O4S. The number of methoxy groups -OCH3 is 1. The van der Waals surface area contributed by atoms with E-state index in [2.05, 4.69) is 0 Å². The zero-order valence-electron chi connectivity index (χ0n) is 14.6. The summed E-state index contributed by atoms with van der Waals surface area (Å²) in [5, 5.41) is 0.162. The van der Waals surface area contributed by atoms with Crippen LogP contribution in [0.1, 0.15) is 10.4 Å². The molecule has 1 fully saturated rings. The minimum absolute atomic E-state index is 0.0809. The van der Waals surface area contributed by atoms with Crippen LogP contribution in [-0.4, -0.2) is 56.8 Å². The normalized spacial score (nSPS) is 15.6. The largest absolute Gasteiger partial charge is 0.497 e. The second kappa shape index (κ2) is 8.06. The van der Waals surface area contributed by atoms with Crippen molar-refractivity contribution in [2.45, 2.75) is 4.90 Å². The number of amides is 1. The first-order valence-corrected chi connectivity index (χ1v) is 10.4. The van der Waals surface area contributed by atoms with Crippen molar-refractivity contribution in [3.8, 4) is 5.75 Å². The highest BCUT2D eigenvalue weighted by Crippen LogP contribution is 2.32. The number of hydrogen-bond acceptors (Lipinski definition) is 4. The van der Waals surface area contributed by atoms with E-state index in [1.165, 1.54) is 23.5 Å². The molecule has 6 nitrogen and oxygen atoms in total. The van der Waals surface area contributed by atoms with Gasteiger partial charge in [-0.25, -0.2) is 8.42 Å². The molecule has 1 saturated heterocycles. The van der Waals surface area contributed by atoms with Crippen LogP contribution in [0.25, 0.3) is 0 Å². The minimum Gasteiger partial charge on any atom is -0.497 e. The zero-order chi connectivity index (χ0) is 19.6. The average molecular weight is 429 g/mol. The Morgan fingerprint density at radius 2 is 1.59 bits per heavy atom. The summed E-state index contributed by atoms with van der Waals surface area (Å²) in [4.78, 5) is 14.2. The lowest BCUT2D eigenvalue weighted by molar-refractivity contribution is 0.0697. The lowest BCUT2D eigenvalue weighted by Crippen LogP contribution is -2.50. The van der Waals surface area contributed by atoms with Gasteiger partial charge >= 0.3 is 0 Å². The van der Waals surface area contributed by atoms with E-state index in [4.69, 9.17) is 27.9 Å². The van der Waals surface area contributed by atoms with E-state index in [0.29, 0.717) is 11.3 Å². The molecule has 0 atom stereocenters. The molecule has 1 aliphatic heterocycles. The average Bonchev–Trinajstić information content (AvgIpc) is 2.67. The zero-order valence-corrected chi connectivity index (χ0v) is 16.9. The number of halogens is 2. The summed E-state index contributed by atoms with van der Waals surface area (Å²) in [5.74, 6) is 0.428. The summed E-state index contributed by atoms with van der Waals surface area (Å²) >= 11 is 12.1. The third kappa shape index (κ3) is 4.06. The van der Waals surface area contributed by atoms with Crippen molar-refractivity contribution in [2.75, 3.05) is 33.3 Å². The van der Waals surface area contributed by atoms with Gasteiger partial charge in [0.1, 0.15) is 10.6 Å². The van der Waals surface area contributed by atoms with E-state index in [1.807, 2.05) is 0 Å². The topological polar surface area (TPSA) is 66.9 Å². The number of sulfonamides is 1. The molecule has 1 amide bonds. The van der Waals surface area contributed by atoms with Gasteiger partial charge in [-0.3, -0.25) is 4.79 Å². The van der Waals surface area contributed by atoms with E-state index in [1.54, 1.807) is 35.2 Å². The lowest BCUT2D eigenvalue weighted by Gasteiger charge is -2.34. The van der Waals surface area contributed by atoms with Crippen molar-refractivity contribution in [1.82, 2.24) is 9.21 Å². The molecule has 0 unspecified atom stereocenters. The van der Waals surface area contributed by atoms with Gasteiger partial charge in [-0.15, -0.1) is 0 Å². The first-order chi connectivity index (χ1) is 12.8. The molecule has 27 heavy (non-hydrogen) atoms. The van der Waals surface area contributed by atoms with Crippen LogP contribution in [0.2, 0.25) is 10.0 Å². The first kappa shape index (κ1) is 19.9. The summed E-state index contributed by atoms with van der Waals surface area (Å²) in [7, 11) is -2.30. The van der Waals surface area contributed by atoms with Gasteiger partial charge in [0.15, 0.2) is 0 Å². The minimum atomic E-state index is -3.84. The first-order valence-electron chi connectivity index (χ1n) is 8.22. The van der Waals surface area contributed by atoms with E-state index < -0.39 is 10.0 Å². The van der Waals surface area contributed by atoms with Crippen molar-refractivity contribution >= 4 is 39.1 Å². The molecule has 0 aromatic heterocycles. The molecule has 0 aliphatic carbocycles. The van der Waals surface area contributed by atoms with Gasteiger partial charge < -0.3 is 9.64 Å². The molecule has 0 bridgehead atoms. The molecule has 0 radical (unpaired) electrons. The van der Waals surface area contributed by atoms with Crippen LogP contribution < -0.4 is 4.74 Å². The molecule has 144 valence electrons. The SMILES string of the molecule is COc1cccc(C(=O)N2CCN(S(=O)(=O)c3c(Cl)cccc3Cl)CC2)c1. The monoisotopic (exact) mass is 428 g/mol. The predicted octanol–water partition coefficient (Wildman–Crippen LogP) is 3.15. The van der Waals surface area contributed by atoms with Crippen LogP contribution in [0.15, 0.2) is 47.4 Å². The lowest BCUT2D eigenvalue weighted by atomic mass is 10.1. The second-order valence-corrected chi connectivity index (χ2v) is 8.67. The van der Waals surface area contributed by atoms with Gasteiger partial charge in [-0.2, -0.15) is 4.31 Å². The Morgan fingerprint density at radius 1 is 1.00 bits per heavy atom. The van der Waals surface area contributed by atoms with E-state index in [9.17, 15) is 13.2 Å². The summed E-state index contributed by atoms with van der Waals surface area (Å²) in [5.41, 5.74) is 0.500. The molecule has 2 aromatic carbocycles. The predicted molar refractivity (Wildman–Crippen MR) is 104 cm³/mol.